The van der Waals surface area contributed by atoms with E-state index in [2.05, 4.69) is 16.0 Å². The number of ether oxygens (including phenoxy) is 2. The fraction of sp³-hybridized carbons (Fsp3) is 0.526. The van der Waals surface area contributed by atoms with Gasteiger partial charge in [0.1, 0.15) is 12.1 Å². The topological polar surface area (TPSA) is 109 Å². The Labute approximate surface area is 163 Å². The lowest BCUT2D eigenvalue weighted by Gasteiger charge is -2.46. The van der Waals surface area contributed by atoms with Crippen molar-refractivity contribution in [1.82, 2.24) is 20.9 Å². The number of benzene rings is 1. The maximum Gasteiger partial charge on any atom is 0.325 e. The molecule has 0 aromatic heterocycles. The van der Waals surface area contributed by atoms with Crippen LogP contribution in [0.2, 0.25) is 0 Å². The summed E-state index contributed by atoms with van der Waals surface area (Å²) in [5.74, 6) is 0.00127. The lowest BCUT2D eigenvalue weighted by Crippen LogP contribution is -2.72. The van der Waals surface area contributed by atoms with Gasteiger partial charge in [0.25, 0.3) is 0 Å². The van der Waals surface area contributed by atoms with Gasteiger partial charge in [0.15, 0.2) is 11.5 Å². The van der Waals surface area contributed by atoms with Crippen molar-refractivity contribution >= 4 is 18.0 Å². The normalized spacial score (nSPS) is 24.0. The molecule has 0 bridgehead atoms. The molecule has 0 saturated carbocycles. The predicted octanol–water partition coefficient (Wildman–Crippen LogP) is 1.74. The first kappa shape index (κ1) is 19.8. The maximum atomic E-state index is 12.7. The lowest BCUT2D eigenvalue weighted by atomic mass is 9.86. The van der Waals surface area contributed by atoms with E-state index in [4.69, 9.17) is 9.47 Å². The summed E-state index contributed by atoms with van der Waals surface area (Å²) in [4.78, 5) is 38.8. The highest BCUT2D eigenvalue weighted by Crippen LogP contribution is 2.36. The standard InChI is InChI=1S/C19H26N4O5/c1-4-6-9-23-16-14(17(24)22-19(23)26)15(20-18(25)21-16)11-7-8-12(27-3)13(10-11)28-5-2/h7-8,10,14-16H,4-6,9H2,1-3H3,(H2,20,21,25)(H,22,24,26). The van der Waals surface area contributed by atoms with Crippen molar-refractivity contribution < 1.29 is 23.9 Å². The molecule has 3 rings (SSSR count). The van der Waals surface area contributed by atoms with Gasteiger partial charge >= 0.3 is 12.1 Å². The average molecular weight is 390 g/mol. The number of unbranched alkanes of at least 4 members (excludes halogenated alkanes) is 1. The van der Waals surface area contributed by atoms with E-state index in [1.807, 2.05) is 13.8 Å². The number of carbonyl (C=O) groups is 3. The predicted molar refractivity (Wildman–Crippen MR) is 101 cm³/mol. The Bertz CT molecular complexity index is 769. The zero-order valence-corrected chi connectivity index (χ0v) is 16.3. The van der Waals surface area contributed by atoms with Gasteiger partial charge < -0.3 is 25.0 Å². The molecule has 2 aliphatic heterocycles. The van der Waals surface area contributed by atoms with E-state index in [0.29, 0.717) is 30.2 Å². The van der Waals surface area contributed by atoms with E-state index < -0.39 is 36.1 Å². The molecule has 2 heterocycles. The van der Waals surface area contributed by atoms with E-state index in [9.17, 15) is 14.4 Å². The number of nitrogens with one attached hydrogen (secondary N) is 3. The van der Waals surface area contributed by atoms with Crippen LogP contribution in [0.4, 0.5) is 9.59 Å². The van der Waals surface area contributed by atoms with Gasteiger partial charge in [-0.05, 0) is 31.0 Å². The fourth-order valence-electron chi connectivity index (χ4n) is 3.65. The second-order valence-corrected chi connectivity index (χ2v) is 6.75. The second-order valence-electron chi connectivity index (χ2n) is 6.75. The first-order valence-electron chi connectivity index (χ1n) is 9.49. The third-order valence-electron chi connectivity index (χ3n) is 4.99. The van der Waals surface area contributed by atoms with Crippen molar-refractivity contribution in [3.8, 4) is 11.5 Å². The molecule has 152 valence electrons. The number of urea groups is 2. The molecular formula is C19H26N4O5. The molecule has 5 amide bonds. The zero-order chi connectivity index (χ0) is 20.3. The Morgan fingerprint density at radius 3 is 2.57 bits per heavy atom. The van der Waals surface area contributed by atoms with Crippen LogP contribution in [-0.4, -0.2) is 49.3 Å². The first-order valence-corrected chi connectivity index (χ1v) is 9.49. The van der Waals surface area contributed by atoms with Crippen LogP contribution in [-0.2, 0) is 4.79 Å². The van der Waals surface area contributed by atoms with E-state index >= 15 is 0 Å². The maximum absolute atomic E-state index is 12.7. The summed E-state index contributed by atoms with van der Waals surface area (Å²) in [7, 11) is 1.55. The van der Waals surface area contributed by atoms with Crippen LogP contribution < -0.4 is 25.4 Å². The Kier molecular flexibility index (Phi) is 5.91. The Morgan fingerprint density at radius 2 is 1.89 bits per heavy atom. The number of nitrogens with zero attached hydrogens (tertiary/aromatic N) is 1. The third-order valence-corrected chi connectivity index (χ3v) is 4.99. The summed E-state index contributed by atoms with van der Waals surface area (Å²) < 4.78 is 10.9. The van der Waals surface area contributed by atoms with Crippen molar-refractivity contribution in [2.75, 3.05) is 20.3 Å². The van der Waals surface area contributed by atoms with Crippen molar-refractivity contribution in [2.24, 2.45) is 5.92 Å². The van der Waals surface area contributed by atoms with Gasteiger partial charge in [0, 0.05) is 6.54 Å². The molecule has 9 heteroatoms. The highest BCUT2D eigenvalue weighted by Gasteiger charge is 2.49. The summed E-state index contributed by atoms with van der Waals surface area (Å²) in [5.41, 5.74) is 0.703. The van der Waals surface area contributed by atoms with Crippen LogP contribution in [0.5, 0.6) is 11.5 Å². The van der Waals surface area contributed by atoms with Gasteiger partial charge in [-0.3, -0.25) is 10.1 Å². The summed E-state index contributed by atoms with van der Waals surface area (Å²) in [6.07, 6.45) is 0.959. The Morgan fingerprint density at radius 1 is 1.11 bits per heavy atom. The molecule has 2 fully saturated rings. The van der Waals surface area contributed by atoms with Gasteiger partial charge in [0.05, 0.1) is 19.8 Å². The number of fused-ring (bicyclic) bond motifs is 1. The molecule has 2 aliphatic rings. The molecule has 3 atom stereocenters. The van der Waals surface area contributed by atoms with E-state index in [1.165, 1.54) is 4.90 Å². The van der Waals surface area contributed by atoms with Gasteiger partial charge in [0.2, 0.25) is 5.91 Å². The number of methoxy groups -OCH3 is 1. The molecule has 3 N–H and O–H groups in total. The molecule has 0 spiro atoms. The second kappa shape index (κ2) is 8.37. The Hall–Kier alpha value is -2.97. The number of carbonyl (C=O) groups excluding carboxylic acids is 3. The lowest BCUT2D eigenvalue weighted by molar-refractivity contribution is -0.130. The molecule has 0 radical (unpaired) electrons. The van der Waals surface area contributed by atoms with Crippen LogP contribution in [0.3, 0.4) is 0 Å². The van der Waals surface area contributed by atoms with E-state index in [0.717, 1.165) is 12.8 Å². The molecule has 2 saturated heterocycles. The molecular weight excluding hydrogens is 364 g/mol. The summed E-state index contributed by atoms with van der Waals surface area (Å²) in [5, 5.41) is 7.97. The summed E-state index contributed by atoms with van der Waals surface area (Å²) >= 11 is 0. The van der Waals surface area contributed by atoms with Crippen LogP contribution >= 0.6 is 0 Å². The summed E-state index contributed by atoms with van der Waals surface area (Å²) in [6, 6.07) is 3.77. The third kappa shape index (κ3) is 3.69. The van der Waals surface area contributed by atoms with Crippen LogP contribution in [0.1, 0.15) is 38.3 Å². The Balaban J connectivity index is 1.97. The molecule has 1 aromatic carbocycles. The highest BCUT2D eigenvalue weighted by molar-refractivity contribution is 6.00. The van der Waals surface area contributed by atoms with E-state index in [-0.39, 0.29) is 0 Å². The van der Waals surface area contributed by atoms with Gasteiger partial charge in [-0.15, -0.1) is 0 Å². The molecule has 28 heavy (non-hydrogen) atoms. The minimum atomic E-state index is -0.704. The minimum Gasteiger partial charge on any atom is -0.493 e. The van der Waals surface area contributed by atoms with Gasteiger partial charge in [-0.25, -0.2) is 9.59 Å². The number of hydrogen-bond donors (Lipinski definition) is 3. The zero-order valence-electron chi connectivity index (χ0n) is 16.3. The quantitative estimate of drug-likeness (QED) is 0.657. The molecule has 1 aromatic rings. The van der Waals surface area contributed by atoms with Crippen molar-refractivity contribution in [1.29, 1.82) is 0 Å². The van der Waals surface area contributed by atoms with Gasteiger partial charge in [-0.1, -0.05) is 19.4 Å². The average Bonchev–Trinajstić information content (AvgIpc) is 2.67. The largest absolute Gasteiger partial charge is 0.493 e. The van der Waals surface area contributed by atoms with Crippen molar-refractivity contribution in [2.45, 2.75) is 38.9 Å². The van der Waals surface area contributed by atoms with Crippen LogP contribution in [0.15, 0.2) is 18.2 Å². The van der Waals surface area contributed by atoms with E-state index in [1.54, 1.807) is 25.3 Å². The number of imide groups is 1. The van der Waals surface area contributed by atoms with Crippen LogP contribution in [0, 0.1) is 5.92 Å². The SMILES string of the molecule is CCCCN1C(=O)NC(=O)C2C(c3ccc(OC)c(OCC)c3)NC(=O)NC21. The monoisotopic (exact) mass is 390 g/mol. The molecule has 0 aliphatic carbocycles. The summed E-state index contributed by atoms with van der Waals surface area (Å²) in [6.45, 7) is 4.78. The number of hydrogen-bond acceptors (Lipinski definition) is 5. The number of amides is 5. The fourth-order valence-corrected chi connectivity index (χ4v) is 3.65. The molecule has 3 unspecified atom stereocenters. The first-order chi connectivity index (χ1) is 13.5. The van der Waals surface area contributed by atoms with Crippen molar-refractivity contribution in [3.05, 3.63) is 23.8 Å². The minimum absolute atomic E-state index is 0.422. The molecule has 9 nitrogen and oxygen atoms in total. The van der Waals surface area contributed by atoms with Crippen molar-refractivity contribution in [3.63, 3.8) is 0 Å². The smallest absolute Gasteiger partial charge is 0.325 e. The highest BCUT2D eigenvalue weighted by atomic mass is 16.5. The van der Waals surface area contributed by atoms with Crippen LogP contribution in [0.25, 0.3) is 0 Å². The number of rotatable bonds is 7. The van der Waals surface area contributed by atoms with Gasteiger partial charge in [-0.2, -0.15) is 0 Å².